The van der Waals surface area contributed by atoms with Crippen molar-refractivity contribution in [3.8, 4) is 11.3 Å². The molecule has 7 heteroatoms. The van der Waals surface area contributed by atoms with Crippen LogP contribution in [0.4, 0.5) is 8.78 Å². The number of amides is 1. The first-order chi connectivity index (χ1) is 11.9. The van der Waals surface area contributed by atoms with Crippen LogP contribution in [0.25, 0.3) is 11.3 Å². The van der Waals surface area contributed by atoms with Crippen LogP contribution in [-0.2, 0) is 4.74 Å². The highest BCUT2D eigenvalue weighted by Gasteiger charge is 2.45. The molecule has 1 unspecified atom stereocenters. The Morgan fingerprint density at radius 1 is 1.40 bits per heavy atom. The summed E-state index contributed by atoms with van der Waals surface area (Å²) in [4.78, 5) is 14.1. The number of nitrogens with one attached hydrogen (secondary N) is 1. The number of hydrogen-bond acceptors (Lipinski definition) is 3. The minimum absolute atomic E-state index is 0.0188. The van der Waals surface area contributed by atoms with Gasteiger partial charge in [0, 0.05) is 32.2 Å². The zero-order chi connectivity index (χ0) is 18.0. The third-order valence-electron chi connectivity index (χ3n) is 4.56. The van der Waals surface area contributed by atoms with Gasteiger partial charge in [-0.25, -0.2) is 8.78 Å². The Bertz CT molecular complexity index is 743. The van der Waals surface area contributed by atoms with Crippen LogP contribution in [0.3, 0.4) is 0 Å². The molecule has 0 bridgehead atoms. The molecule has 1 N–H and O–H groups in total. The molecule has 1 aliphatic rings. The predicted octanol–water partition coefficient (Wildman–Crippen LogP) is 3.13. The topological polar surface area (TPSA) is 58.2 Å². The van der Waals surface area contributed by atoms with Crippen molar-refractivity contribution in [2.45, 2.75) is 19.3 Å². The summed E-state index contributed by atoms with van der Waals surface area (Å²) in [7, 11) is 1.39. The van der Waals surface area contributed by atoms with Crippen molar-refractivity contribution < 1.29 is 18.3 Å². The molecule has 2 aromatic rings. The molecule has 1 aliphatic heterocycles. The Morgan fingerprint density at radius 3 is 2.80 bits per heavy atom. The van der Waals surface area contributed by atoms with Crippen molar-refractivity contribution in [1.29, 1.82) is 0 Å². The molecule has 2 heterocycles. The fourth-order valence-electron chi connectivity index (χ4n) is 3.01. The Labute approximate surface area is 145 Å². The number of halogens is 2. The molecule has 0 saturated carbocycles. The molecule has 1 atom stereocenters. The van der Waals surface area contributed by atoms with E-state index in [0.29, 0.717) is 11.4 Å². The number of benzene rings is 1. The van der Waals surface area contributed by atoms with E-state index in [4.69, 9.17) is 4.74 Å². The van der Waals surface area contributed by atoms with Crippen LogP contribution in [0.1, 0.15) is 22.5 Å². The van der Waals surface area contributed by atoms with Crippen molar-refractivity contribution in [1.82, 2.24) is 15.1 Å². The number of ether oxygens (including phenoxy) is 1. The third-order valence-corrected chi connectivity index (χ3v) is 4.56. The molecule has 134 valence electrons. The van der Waals surface area contributed by atoms with E-state index in [1.54, 1.807) is 6.07 Å². The second kappa shape index (κ2) is 6.92. The molecule has 5 nitrogen and oxygen atoms in total. The summed E-state index contributed by atoms with van der Waals surface area (Å²) < 4.78 is 32.7. The van der Waals surface area contributed by atoms with Gasteiger partial charge in [-0.2, -0.15) is 5.10 Å². The van der Waals surface area contributed by atoms with Gasteiger partial charge in [0.2, 0.25) is 0 Å². The van der Waals surface area contributed by atoms with Crippen LogP contribution in [0.2, 0.25) is 0 Å². The van der Waals surface area contributed by atoms with Gasteiger partial charge in [0.05, 0.1) is 18.2 Å². The molecule has 1 aromatic heterocycles. The quantitative estimate of drug-likeness (QED) is 0.923. The Hall–Kier alpha value is -2.28. The minimum Gasteiger partial charge on any atom is -0.384 e. The average Bonchev–Trinajstić information content (AvgIpc) is 3.07. The Morgan fingerprint density at radius 2 is 2.12 bits per heavy atom. The van der Waals surface area contributed by atoms with Crippen molar-refractivity contribution in [3.63, 3.8) is 0 Å². The van der Waals surface area contributed by atoms with E-state index in [1.165, 1.54) is 12.0 Å². The van der Waals surface area contributed by atoms with E-state index >= 15 is 0 Å². The highest BCUT2D eigenvalue weighted by atomic mass is 19.3. The fraction of sp³-hybridized carbons (Fsp3) is 0.444. The van der Waals surface area contributed by atoms with E-state index < -0.39 is 11.8 Å². The number of aromatic amines is 1. The van der Waals surface area contributed by atoms with Crippen molar-refractivity contribution in [2.24, 2.45) is 5.92 Å². The molecule has 1 amide bonds. The molecule has 0 aliphatic carbocycles. The van der Waals surface area contributed by atoms with Crippen molar-refractivity contribution in [2.75, 3.05) is 26.8 Å². The number of hydrogen-bond donors (Lipinski definition) is 1. The Kier molecular flexibility index (Phi) is 4.85. The minimum atomic E-state index is -2.81. The Balaban J connectivity index is 1.74. The molecule has 1 saturated heterocycles. The number of aromatic nitrogens is 2. The lowest BCUT2D eigenvalue weighted by molar-refractivity contribution is -0.118. The first-order valence-corrected chi connectivity index (χ1v) is 8.19. The third kappa shape index (κ3) is 3.71. The molecular formula is C18H21F2N3O2. The van der Waals surface area contributed by atoms with Gasteiger partial charge < -0.3 is 9.64 Å². The summed E-state index contributed by atoms with van der Waals surface area (Å²) in [5, 5.41) is 6.89. The van der Waals surface area contributed by atoms with E-state index in [0.717, 1.165) is 11.1 Å². The van der Waals surface area contributed by atoms with Crippen LogP contribution >= 0.6 is 0 Å². The lowest BCUT2D eigenvalue weighted by atomic mass is 9.94. The number of rotatable bonds is 4. The monoisotopic (exact) mass is 349 g/mol. The van der Waals surface area contributed by atoms with Crippen LogP contribution < -0.4 is 0 Å². The molecule has 3 rings (SSSR count). The van der Waals surface area contributed by atoms with Crippen LogP contribution in [-0.4, -0.2) is 53.7 Å². The summed E-state index contributed by atoms with van der Waals surface area (Å²) in [5.41, 5.74) is 2.98. The predicted molar refractivity (Wildman–Crippen MR) is 89.6 cm³/mol. The van der Waals surface area contributed by atoms with Gasteiger partial charge in [-0.05, 0) is 13.0 Å². The number of nitrogens with zero attached hydrogens (tertiary/aromatic N) is 2. The summed E-state index contributed by atoms with van der Waals surface area (Å²) in [6, 6.07) is 9.44. The van der Waals surface area contributed by atoms with E-state index in [2.05, 4.69) is 10.2 Å². The SMILES string of the molecule is COCC1CN(C(=O)c2cc(-c3ccc(C)cc3)n[nH]2)CCC1(F)F. The number of likely N-dealkylation sites (tertiary alicyclic amines) is 1. The molecule has 0 spiro atoms. The lowest BCUT2D eigenvalue weighted by Gasteiger charge is -2.37. The van der Waals surface area contributed by atoms with Gasteiger partial charge in [-0.3, -0.25) is 9.89 Å². The summed E-state index contributed by atoms with van der Waals surface area (Å²) in [6.45, 7) is 1.91. The molecule has 25 heavy (non-hydrogen) atoms. The average molecular weight is 349 g/mol. The van der Waals surface area contributed by atoms with Gasteiger partial charge in [0.1, 0.15) is 5.69 Å². The van der Waals surface area contributed by atoms with Crippen molar-refractivity contribution in [3.05, 3.63) is 41.6 Å². The zero-order valence-electron chi connectivity index (χ0n) is 14.3. The summed E-state index contributed by atoms with van der Waals surface area (Å²) in [5.74, 6) is -4.12. The molecule has 0 radical (unpaired) electrons. The molecule has 1 fully saturated rings. The molecular weight excluding hydrogens is 328 g/mol. The van der Waals surface area contributed by atoms with Gasteiger partial charge in [-0.1, -0.05) is 29.8 Å². The number of methoxy groups -OCH3 is 1. The van der Waals surface area contributed by atoms with E-state index in [9.17, 15) is 13.6 Å². The largest absolute Gasteiger partial charge is 0.384 e. The van der Waals surface area contributed by atoms with Crippen LogP contribution in [0.5, 0.6) is 0 Å². The van der Waals surface area contributed by atoms with Gasteiger partial charge >= 0.3 is 0 Å². The van der Waals surface area contributed by atoms with E-state index in [-0.39, 0.29) is 32.0 Å². The smallest absolute Gasteiger partial charge is 0.271 e. The number of carbonyl (C=O) groups is 1. The highest BCUT2D eigenvalue weighted by molar-refractivity contribution is 5.93. The van der Waals surface area contributed by atoms with Crippen LogP contribution in [0.15, 0.2) is 30.3 Å². The first-order valence-electron chi connectivity index (χ1n) is 8.19. The lowest BCUT2D eigenvalue weighted by Crippen LogP contribution is -2.50. The van der Waals surface area contributed by atoms with Gasteiger partial charge in [-0.15, -0.1) is 0 Å². The van der Waals surface area contributed by atoms with Crippen molar-refractivity contribution >= 4 is 5.91 Å². The number of aryl methyl sites for hydroxylation is 1. The fourth-order valence-corrected chi connectivity index (χ4v) is 3.01. The van der Waals surface area contributed by atoms with Gasteiger partial charge in [0.25, 0.3) is 11.8 Å². The number of piperidine rings is 1. The summed E-state index contributed by atoms with van der Waals surface area (Å²) >= 11 is 0. The first kappa shape index (κ1) is 17.5. The number of alkyl halides is 2. The highest BCUT2D eigenvalue weighted by Crippen LogP contribution is 2.34. The van der Waals surface area contributed by atoms with Gasteiger partial charge in [0.15, 0.2) is 0 Å². The zero-order valence-corrected chi connectivity index (χ0v) is 14.3. The van der Waals surface area contributed by atoms with E-state index in [1.807, 2.05) is 31.2 Å². The maximum absolute atomic E-state index is 13.9. The second-order valence-corrected chi connectivity index (χ2v) is 6.45. The standard InChI is InChI=1S/C18H21F2N3O2/c1-12-3-5-13(6-4-12)15-9-16(22-21-15)17(24)23-8-7-18(19,20)14(10-23)11-25-2/h3-6,9,14H,7-8,10-11H2,1-2H3,(H,21,22). The number of H-pyrrole nitrogens is 1. The normalized spacial score (nSPS) is 19.8. The maximum atomic E-state index is 13.9. The molecule has 1 aromatic carbocycles. The summed E-state index contributed by atoms with van der Waals surface area (Å²) in [6.07, 6.45) is -0.355. The maximum Gasteiger partial charge on any atom is 0.271 e. The number of carbonyl (C=O) groups excluding carboxylic acids is 1. The second-order valence-electron chi connectivity index (χ2n) is 6.45. The van der Waals surface area contributed by atoms with Crippen LogP contribution in [0, 0.1) is 12.8 Å².